The van der Waals surface area contributed by atoms with Crippen LogP contribution in [0.25, 0.3) is 0 Å². The Kier molecular flexibility index (Phi) is 4.69. The Bertz CT molecular complexity index is 336. The smallest absolute Gasteiger partial charge is 0.150 e. The molecule has 16 heavy (non-hydrogen) atoms. The third kappa shape index (κ3) is 3.17. The van der Waals surface area contributed by atoms with Crippen molar-refractivity contribution in [2.45, 2.75) is 46.3 Å². The van der Waals surface area contributed by atoms with Gasteiger partial charge in [0.25, 0.3) is 0 Å². The van der Waals surface area contributed by atoms with Gasteiger partial charge < -0.3 is 0 Å². The van der Waals surface area contributed by atoms with Gasteiger partial charge in [-0.2, -0.15) is 0 Å². The first kappa shape index (κ1) is 12.9. The summed E-state index contributed by atoms with van der Waals surface area (Å²) in [6, 6.07) is 8.77. The SMILES string of the molecule is CC(C)N(Cc1ccccc1C=O)C(C)C. The number of hydrogen-bond donors (Lipinski definition) is 0. The molecule has 0 fully saturated rings. The van der Waals surface area contributed by atoms with E-state index in [9.17, 15) is 4.79 Å². The molecule has 0 unspecified atom stereocenters. The summed E-state index contributed by atoms with van der Waals surface area (Å²) in [4.78, 5) is 13.3. The van der Waals surface area contributed by atoms with Crippen molar-refractivity contribution in [3.8, 4) is 0 Å². The van der Waals surface area contributed by atoms with Crippen LogP contribution in [0.4, 0.5) is 0 Å². The Morgan fingerprint density at radius 3 is 2.19 bits per heavy atom. The molecule has 1 aromatic carbocycles. The van der Waals surface area contributed by atoms with Crippen molar-refractivity contribution < 1.29 is 4.79 Å². The minimum Gasteiger partial charge on any atom is -0.298 e. The Hall–Kier alpha value is -1.15. The Balaban J connectivity index is 2.89. The highest BCUT2D eigenvalue weighted by Crippen LogP contribution is 2.14. The van der Waals surface area contributed by atoms with Gasteiger partial charge in [0.15, 0.2) is 0 Å². The molecule has 0 atom stereocenters. The van der Waals surface area contributed by atoms with Crippen LogP contribution in [-0.4, -0.2) is 23.3 Å². The standard InChI is InChI=1S/C14H21NO/c1-11(2)15(12(3)4)9-13-7-5-6-8-14(13)10-16/h5-8,10-12H,9H2,1-4H3. The van der Waals surface area contributed by atoms with E-state index < -0.39 is 0 Å². The first-order chi connectivity index (χ1) is 7.56. The monoisotopic (exact) mass is 219 g/mol. The van der Waals surface area contributed by atoms with Gasteiger partial charge in [0.05, 0.1) is 0 Å². The van der Waals surface area contributed by atoms with Gasteiger partial charge in [-0.15, -0.1) is 0 Å². The average molecular weight is 219 g/mol. The summed E-state index contributed by atoms with van der Waals surface area (Å²) in [5.41, 5.74) is 1.91. The lowest BCUT2D eigenvalue weighted by Gasteiger charge is -2.30. The summed E-state index contributed by atoms with van der Waals surface area (Å²) in [6.45, 7) is 9.57. The second-order valence-electron chi connectivity index (χ2n) is 4.68. The van der Waals surface area contributed by atoms with E-state index in [1.54, 1.807) is 0 Å². The number of hydrogen-bond acceptors (Lipinski definition) is 2. The second-order valence-corrected chi connectivity index (χ2v) is 4.68. The first-order valence-corrected chi connectivity index (χ1v) is 5.85. The van der Waals surface area contributed by atoms with E-state index in [2.05, 4.69) is 32.6 Å². The summed E-state index contributed by atoms with van der Waals surface area (Å²) in [5, 5.41) is 0. The molecule has 0 bridgehead atoms. The molecule has 0 aromatic heterocycles. The molecule has 1 rings (SSSR count). The zero-order chi connectivity index (χ0) is 12.1. The minimum atomic E-state index is 0.486. The lowest BCUT2D eigenvalue weighted by Crippen LogP contribution is -2.36. The molecule has 0 radical (unpaired) electrons. The van der Waals surface area contributed by atoms with Crippen molar-refractivity contribution in [1.29, 1.82) is 0 Å². The summed E-state index contributed by atoms with van der Waals surface area (Å²) < 4.78 is 0. The van der Waals surface area contributed by atoms with E-state index in [1.807, 2.05) is 24.3 Å². The highest BCUT2D eigenvalue weighted by Gasteiger charge is 2.14. The number of carbonyl (C=O) groups is 1. The van der Waals surface area contributed by atoms with E-state index in [0.29, 0.717) is 12.1 Å². The summed E-state index contributed by atoms with van der Waals surface area (Å²) in [6.07, 6.45) is 0.939. The zero-order valence-corrected chi connectivity index (χ0v) is 10.6. The van der Waals surface area contributed by atoms with Crippen molar-refractivity contribution in [1.82, 2.24) is 4.90 Å². The molecule has 0 aliphatic carbocycles. The van der Waals surface area contributed by atoms with Crippen molar-refractivity contribution >= 4 is 6.29 Å². The van der Waals surface area contributed by atoms with Crippen LogP contribution in [0.2, 0.25) is 0 Å². The Morgan fingerprint density at radius 2 is 1.69 bits per heavy atom. The summed E-state index contributed by atoms with van der Waals surface area (Å²) in [7, 11) is 0. The number of nitrogens with zero attached hydrogens (tertiary/aromatic N) is 1. The van der Waals surface area contributed by atoms with Gasteiger partial charge in [0, 0.05) is 24.2 Å². The largest absolute Gasteiger partial charge is 0.298 e. The maximum absolute atomic E-state index is 10.9. The molecule has 2 nitrogen and oxygen atoms in total. The highest BCUT2D eigenvalue weighted by molar-refractivity contribution is 5.77. The molecule has 0 heterocycles. The molecule has 0 N–H and O–H groups in total. The molecule has 0 amide bonds. The van der Waals surface area contributed by atoms with Gasteiger partial charge in [0.2, 0.25) is 0 Å². The third-order valence-electron chi connectivity index (χ3n) is 2.86. The predicted molar refractivity (Wildman–Crippen MR) is 67.6 cm³/mol. The number of carbonyl (C=O) groups excluding carboxylic acids is 1. The van der Waals surface area contributed by atoms with E-state index in [4.69, 9.17) is 0 Å². The molecule has 0 saturated heterocycles. The number of aldehydes is 1. The van der Waals surface area contributed by atoms with Gasteiger partial charge in [-0.3, -0.25) is 9.69 Å². The molecular formula is C14H21NO. The lowest BCUT2D eigenvalue weighted by atomic mass is 10.1. The number of rotatable bonds is 5. The third-order valence-corrected chi connectivity index (χ3v) is 2.86. The fourth-order valence-electron chi connectivity index (χ4n) is 1.95. The van der Waals surface area contributed by atoms with Gasteiger partial charge in [0.1, 0.15) is 6.29 Å². The van der Waals surface area contributed by atoms with Crippen LogP contribution in [0.5, 0.6) is 0 Å². The van der Waals surface area contributed by atoms with Gasteiger partial charge in [-0.25, -0.2) is 0 Å². The van der Waals surface area contributed by atoms with Crippen molar-refractivity contribution in [3.63, 3.8) is 0 Å². The quantitative estimate of drug-likeness (QED) is 0.709. The van der Waals surface area contributed by atoms with Crippen molar-refractivity contribution in [2.24, 2.45) is 0 Å². The maximum Gasteiger partial charge on any atom is 0.150 e. The molecule has 88 valence electrons. The maximum atomic E-state index is 10.9. The molecule has 0 spiro atoms. The van der Waals surface area contributed by atoms with Crippen LogP contribution < -0.4 is 0 Å². The van der Waals surface area contributed by atoms with Gasteiger partial charge in [-0.1, -0.05) is 24.3 Å². The highest BCUT2D eigenvalue weighted by atomic mass is 16.1. The van der Waals surface area contributed by atoms with Crippen molar-refractivity contribution in [3.05, 3.63) is 35.4 Å². The molecular weight excluding hydrogens is 198 g/mol. The van der Waals surface area contributed by atoms with Crippen molar-refractivity contribution in [2.75, 3.05) is 0 Å². The fourth-order valence-corrected chi connectivity index (χ4v) is 1.95. The molecule has 1 aromatic rings. The fraction of sp³-hybridized carbons (Fsp3) is 0.500. The van der Waals surface area contributed by atoms with Crippen LogP contribution in [0.15, 0.2) is 24.3 Å². The molecule has 0 aliphatic rings. The van der Waals surface area contributed by atoms with E-state index in [0.717, 1.165) is 24.0 Å². The first-order valence-electron chi connectivity index (χ1n) is 5.85. The van der Waals surface area contributed by atoms with Crippen LogP contribution in [-0.2, 0) is 6.54 Å². The van der Waals surface area contributed by atoms with Crippen LogP contribution >= 0.6 is 0 Å². The van der Waals surface area contributed by atoms with Crippen LogP contribution in [0.3, 0.4) is 0 Å². The Morgan fingerprint density at radius 1 is 1.12 bits per heavy atom. The second kappa shape index (κ2) is 5.80. The van der Waals surface area contributed by atoms with Crippen LogP contribution in [0.1, 0.15) is 43.6 Å². The Labute approximate surface area is 98.3 Å². The molecule has 2 heteroatoms. The summed E-state index contributed by atoms with van der Waals surface area (Å²) in [5.74, 6) is 0. The number of benzene rings is 1. The zero-order valence-electron chi connectivity index (χ0n) is 10.6. The minimum absolute atomic E-state index is 0.486. The summed E-state index contributed by atoms with van der Waals surface area (Å²) >= 11 is 0. The average Bonchev–Trinajstić information content (AvgIpc) is 2.25. The topological polar surface area (TPSA) is 20.3 Å². The molecule has 0 saturated carbocycles. The predicted octanol–water partition coefficient (Wildman–Crippen LogP) is 3.12. The normalized spacial score (nSPS) is 11.4. The lowest BCUT2D eigenvalue weighted by molar-refractivity contribution is 0.111. The molecule has 0 aliphatic heterocycles. The van der Waals surface area contributed by atoms with E-state index in [1.165, 1.54) is 0 Å². The van der Waals surface area contributed by atoms with Crippen LogP contribution in [0, 0.1) is 0 Å². The van der Waals surface area contributed by atoms with E-state index >= 15 is 0 Å². The van der Waals surface area contributed by atoms with Gasteiger partial charge in [-0.05, 0) is 33.3 Å². The van der Waals surface area contributed by atoms with E-state index in [-0.39, 0.29) is 0 Å². The van der Waals surface area contributed by atoms with Gasteiger partial charge >= 0.3 is 0 Å².